The molecule has 72 valence electrons. The first-order valence-corrected chi connectivity index (χ1v) is 4.09. The van der Waals surface area contributed by atoms with Crippen LogP contribution in [0.1, 0.15) is 6.42 Å². The summed E-state index contributed by atoms with van der Waals surface area (Å²) in [6, 6.07) is 8.75. The summed E-state index contributed by atoms with van der Waals surface area (Å²) >= 11 is 0. The fourth-order valence-corrected chi connectivity index (χ4v) is 0.857. The number of ether oxygens (including phenoxy) is 1. The van der Waals surface area contributed by atoms with Gasteiger partial charge in [-0.15, -0.1) is 0 Å². The highest BCUT2D eigenvalue weighted by molar-refractivity contribution is 5.72. The van der Waals surface area contributed by atoms with E-state index in [9.17, 15) is 4.79 Å². The average molecular weight is 191 g/mol. The summed E-state index contributed by atoms with van der Waals surface area (Å²) in [5.74, 6) is 0.0991. The van der Waals surface area contributed by atoms with E-state index in [-0.39, 0.29) is 13.0 Å². The van der Waals surface area contributed by atoms with Gasteiger partial charge >= 0.3 is 5.97 Å². The SMILES string of the molecule is [N-]=[N+]=NCCC(=O)Oc1ccccc1. The molecule has 5 nitrogen and oxygen atoms in total. The molecule has 0 aliphatic rings. The normalized spacial score (nSPS) is 8.86. The van der Waals surface area contributed by atoms with Gasteiger partial charge in [0.25, 0.3) is 0 Å². The van der Waals surface area contributed by atoms with Crippen LogP contribution in [0.5, 0.6) is 5.75 Å². The van der Waals surface area contributed by atoms with Gasteiger partial charge in [-0.05, 0) is 17.7 Å². The maximum absolute atomic E-state index is 11.1. The molecule has 0 aliphatic heterocycles. The summed E-state index contributed by atoms with van der Waals surface area (Å²) in [7, 11) is 0. The average Bonchev–Trinajstić information content (AvgIpc) is 2.20. The van der Waals surface area contributed by atoms with Gasteiger partial charge in [0.2, 0.25) is 0 Å². The molecule has 0 amide bonds. The predicted octanol–water partition coefficient (Wildman–Crippen LogP) is 2.29. The summed E-state index contributed by atoms with van der Waals surface area (Å²) in [5.41, 5.74) is 7.98. The maximum atomic E-state index is 11.1. The molecule has 0 N–H and O–H groups in total. The monoisotopic (exact) mass is 191 g/mol. The smallest absolute Gasteiger partial charge is 0.311 e. The van der Waals surface area contributed by atoms with Crippen LogP contribution in [0.2, 0.25) is 0 Å². The van der Waals surface area contributed by atoms with Gasteiger partial charge in [0, 0.05) is 11.5 Å². The summed E-state index contributed by atoms with van der Waals surface area (Å²) in [5, 5.41) is 3.23. The fourth-order valence-electron chi connectivity index (χ4n) is 0.857. The Balaban J connectivity index is 2.38. The lowest BCUT2D eigenvalue weighted by Crippen LogP contribution is -2.08. The number of benzene rings is 1. The molecule has 1 aromatic carbocycles. The molecule has 0 bridgehead atoms. The third-order valence-electron chi connectivity index (χ3n) is 1.45. The van der Waals surface area contributed by atoms with Gasteiger partial charge in [0.15, 0.2) is 0 Å². The van der Waals surface area contributed by atoms with Crippen LogP contribution < -0.4 is 4.74 Å². The first-order chi connectivity index (χ1) is 6.83. The van der Waals surface area contributed by atoms with Crippen molar-refractivity contribution >= 4 is 5.97 Å². The molecule has 0 saturated carbocycles. The lowest BCUT2D eigenvalue weighted by Gasteiger charge is -2.01. The summed E-state index contributed by atoms with van der Waals surface area (Å²) in [6.45, 7) is 0.127. The number of para-hydroxylation sites is 1. The minimum Gasteiger partial charge on any atom is -0.427 e. The van der Waals surface area contributed by atoms with Crippen LogP contribution in [0.25, 0.3) is 10.4 Å². The second kappa shape index (κ2) is 5.61. The number of rotatable bonds is 4. The Bertz CT molecular complexity index is 344. The molecule has 0 fully saturated rings. The minimum absolute atomic E-state index is 0.0962. The zero-order valence-corrected chi connectivity index (χ0v) is 7.46. The van der Waals surface area contributed by atoms with E-state index in [0.29, 0.717) is 5.75 Å². The first-order valence-electron chi connectivity index (χ1n) is 4.09. The van der Waals surface area contributed by atoms with E-state index in [1.807, 2.05) is 6.07 Å². The van der Waals surface area contributed by atoms with Gasteiger partial charge in [0.1, 0.15) is 5.75 Å². The predicted molar refractivity (Wildman–Crippen MR) is 50.7 cm³/mol. The van der Waals surface area contributed by atoms with Crippen molar-refractivity contribution in [3.63, 3.8) is 0 Å². The molecule has 0 unspecified atom stereocenters. The van der Waals surface area contributed by atoms with Gasteiger partial charge in [0.05, 0.1) is 6.42 Å². The molecule has 1 rings (SSSR count). The van der Waals surface area contributed by atoms with Gasteiger partial charge in [-0.2, -0.15) is 0 Å². The fraction of sp³-hybridized carbons (Fsp3) is 0.222. The molecule has 0 atom stereocenters. The van der Waals surface area contributed by atoms with Crippen molar-refractivity contribution in [3.05, 3.63) is 40.8 Å². The van der Waals surface area contributed by atoms with Gasteiger partial charge in [-0.25, -0.2) is 0 Å². The Morgan fingerprint density at radius 3 is 2.79 bits per heavy atom. The number of nitrogens with zero attached hydrogens (tertiary/aromatic N) is 3. The molecule has 0 heterocycles. The van der Waals surface area contributed by atoms with E-state index in [0.717, 1.165) is 0 Å². The standard InChI is InChI=1S/C9H9N3O2/c10-12-11-7-6-9(13)14-8-4-2-1-3-5-8/h1-5H,6-7H2. The Kier molecular flexibility index (Phi) is 4.04. The minimum atomic E-state index is -0.399. The van der Waals surface area contributed by atoms with Crippen molar-refractivity contribution in [1.29, 1.82) is 0 Å². The maximum Gasteiger partial charge on any atom is 0.311 e. The van der Waals surface area contributed by atoms with E-state index in [1.165, 1.54) is 0 Å². The van der Waals surface area contributed by atoms with E-state index < -0.39 is 5.97 Å². The summed E-state index contributed by atoms with van der Waals surface area (Å²) in [4.78, 5) is 13.6. The quantitative estimate of drug-likeness (QED) is 0.241. The molecular formula is C9H9N3O2. The van der Waals surface area contributed by atoms with Crippen LogP contribution in [0.15, 0.2) is 35.4 Å². The summed E-state index contributed by atoms with van der Waals surface area (Å²) < 4.78 is 4.94. The Labute approximate surface area is 80.9 Å². The van der Waals surface area contributed by atoms with E-state index in [4.69, 9.17) is 10.3 Å². The van der Waals surface area contributed by atoms with E-state index in [2.05, 4.69) is 10.0 Å². The number of hydrogen-bond acceptors (Lipinski definition) is 3. The Morgan fingerprint density at radius 1 is 1.43 bits per heavy atom. The van der Waals surface area contributed by atoms with Gasteiger partial charge in [-0.3, -0.25) is 4.79 Å². The lowest BCUT2D eigenvalue weighted by atomic mass is 10.3. The Morgan fingerprint density at radius 2 is 2.14 bits per heavy atom. The molecule has 0 aliphatic carbocycles. The van der Waals surface area contributed by atoms with Crippen molar-refractivity contribution in [3.8, 4) is 5.75 Å². The zero-order valence-electron chi connectivity index (χ0n) is 7.46. The number of hydrogen-bond donors (Lipinski definition) is 0. The molecule has 1 aromatic rings. The van der Waals surface area contributed by atoms with E-state index in [1.54, 1.807) is 24.3 Å². The molecule has 0 aromatic heterocycles. The van der Waals surface area contributed by atoms with Gasteiger partial charge < -0.3 is 4.74 Å². The lowest BCUT2D eigenvalue weighted by molar-refractivity contribution is -0.134. The largest absolute Gasteiger partial charge is 0.427 e. The highest BCUT2D eigenvalue weighted by Gasteiger charge is 2.02. The second-order valence-electron chi connectivity index (χ2n) is 2.49. The van der Waals surface area contributed by atoms with Crippen LogP contribution in [-0.4, -0.2) is 12.5 Å². The van der Waals surface area contributed by atoms with Crippen molar-refractivity contribution in [2.45, 2.75) is 6.42 Å². The van der Waals surface area contributed by atoms with Crippen LogP contribution in [-0.2, 0) is 4.79 Å². The van der Waals surface area contributed by atoms with Crippen molar-refractivity contribution in [2.75, 3.05) is 6.54 Å². The van der Waals surface area contributed by atoms with Crippen LogP contribution in [0.3, 0.4) is 0 Å². The van der Waals surface area contributed by atoms with Crippen molar-refractivity contribution < 1.29 is 9.53 Å². The first kappa shape index (κ1) is 10.1. The van der Waals surface area contributed by atoms with Crippen LogP contribution in [0.4, 0.5) is 0 Å². The summed E-state index contributed by atoms with van der Waals surface area (Å²) in [6.07, 6.45) is 0.0962. The second-order valence-corrected chi connectivity index (χ2v) is 2.49. The number of esters is 1. The van der Waals surface area contributed by atoms with Gasteiger partial charge in [-0.1, -0.05) is 23.3 Å². The third-order valence-corrected chi connectivity index (χ3v) is 1.45. The van der Waals surface area contributed by atoms with Crippen molar-refractivity contribution in [1.82, 2.24) is 0 Å². The van der Waals surface area contributed by atoms with Crippen LogP contribution in [0, 0.1) is 0 Å². The van der Waals surface area contributed by atoms with E-state index >= 15 is 0 Å². The highest BCUT2D eigenvalue weighted by Crippen LogP contribution is 2.08. The van der Waals surface area contributed by atoms with Crippen LogP contribution >= 0.6 is 0 Å². The third kappa shape index (κ3) is 3.60. The number of azide groups is 1. The number of carbonyl (C=O) groups is 1. The number of carbonyl (C=O) groups excluding carboxylic acids is 1. The molecule has 0 saturated heterocycles. The zero-order chi connectivity index (χ0) is 10.2. The molecule has 0 spiro atoms. The molecule has 14 heavy (non-hydrogen) atoms. The topological polar surface area (TPSA) is 75.1 Å². The molecular weight excluding hydrogens is 182 g/mol. The van der Waals surface area contributed by atoms with Crippen molar-refractivity contribution in [2.24, 2.45) is 5.11 Å². The highest BCUT2D eigenvalue weighted by atomic mass is 16.5. The Hall–Kier alpha value is -2.00. The molecule has 0 radical (unpaired) electrons. The molecule has 5 heteroatoms.